The van der Waals surface area contributed by atoms with Crippen molar-refractivity contribution >= 4 is 17.9 Å². The first kappa shape index (κ1) is 24.2. The first-order valence-electron chi connectivity index (χ1n) is 11.8. The Bertz CT molecular complexity index is 908. The molecule has 0 aromatic carbocycles. The van der Waals surface area contributed by atoms with Crippen LogP contribution < -0.4 is 0 Å². The van der Waals surface area contributed by atoms with E-state index >= 15 is 0 Å². The quantitative estimate of drug-likeness (QED) is 0.502. The molecule has 4 rings (SSSR count). The van der Waals surface area contributed by atoms with Gasteiger partial charge in [0.2, 0.25) is 5.79 Å². The Balaban J connectivity index is 1.89. The predicted octanol–water partition coefficient (Wildman–Crippen LogP) is 2.91. The van der Waals surface area contributed by atoms with Gasteiger partial charge in [0, 0.05) is 44.4 Å². The minimum Gasteiger partial charge on any atom is -0.459 e. The van der Waals surface area contributed by atoms with Crippen LogP contribution in [0.1, 0.15) is 67.2 Å². The van der Waals surface area contributed by atoms with E-state index in [9.17, 15) is 19.5 Å². The molecule has 33 heavy (non-hydrogen) atoms. The molecule has 1 heterocycles. The monoisotopic (exact) mass is 464 g/mol. The Morgan fingerprint density at radius 1 is 1.12 bits per heavy atom. The van der Waals surface area contributed by atoms with E-state index in [2.05, 4.69) is 6.92 Å². The fourth-order valence-electron chi connectivity index (χ4n) is 7.82. The van der Waals surface area contributed by atoms with Crippen LogP contribution in [0.4, 0.5) is 0 Å². The number of methoxy groups -OCH3 is 1. The molecule has 4 aliphatic rings. The Labute approximate surface area is 195 Å². The van der Waals surface area contributed by atoms with Gasteiger partial charge in [-0.25, -0.2) is 4.79 Å². The van der Waals surface area contributed by atoms with Crippen LogP contribution in [0.15, 0.2) is 11.6 Å². The highest BCUT2D eigenvalue weighted by Gasteiger charge is 2.74. The minimum absolute atomic E-state index is 0.0354. The Morgan fingerprint density at radius 2 is 1.76 bits per heavy atom. The minimum atomic E-state index is -1.21. The number of aliphatic hydroxyl groups is 1. The van der Waals surface area contributed by atoms with Crippen molar-refractivity contribution in [3.05, 3.63) is 11.6 Å². The molecule has 0 amide bonds. The summed E-state index contributed by atoms with van der Waals surface area (Å²) in [7, 11) is 1.52. The van der Waals surface area contributed by atoms with Crippen molar-refractivity contribution in [3.8, 4) is 0 Å². The summed E-state index contributed by atoms with van der Waals surface area (Å²) >= 11 is 0. The summed E-state index contributed by atoms with van der Waals surface area (Å²) in [5, 5.41) is 12.4. The van der Waals surface area contributed by atoms with Gasteiger partial charge in [0.25, 0.3) is 0 Å². The van der Waals surface area contributed by atoms with Gasteiger partial charge in [0.15, 0.2) is 0 Å². The lowest BCUT2D eigenvalue weighted by Crippen LogP contribution is -2.75. The molecule has 3 aliphatic carbocycles. The largest absolute Gasteiger partial charge is 0.459 e. The van der Waals surface area contributed by atoms with E-state index in [1.807, 2.05) is 20.8 Å². The number of fused-ring (bicyclic) bond motifs is 4. The molecule has 0 saturated heterocycles. The molecule has 8 nitrogen and oxygen atoms in total. The zero-order valence-corrected chi connectivity index (χ0v) is 20.6. The van der Waals surface area contributed by atoms with E-state index in [1.165, 1.54) is 27.0 Å². The topological polar surface area (TPSA) is 108 Å². The number of hydrogen-bond acceptors (Lipinski definition) is 8. The molecule has 0 bridgehead atoms. The maximum Gasteiger partial charge on any atom is 0.333 e. The van der Waals surface area contributed by atoms with Gasteiger partial charge in [-0.15, -0.1) is 0 Å². The molecule has 0 aromatic rings. The number of carbonyl (C=O) groups excluding carboxylic acids is 3. The summed E-state index contributed by atoms with van der Waals surface area (Å²) in [4.78, 5) is 36.5. The molecule has 1 unspecified atom stereocenters. The first-order chi connectivity index (χ1) is 15.2. The summed E-state index contributed by atoms with van der Waals surface area (Å²) in [5.41, 5.74) is -2.00. The van der Waals surface area contributed by atoms with E-state index < -0.39 is 52.3 Å². The van der Waals surface area contributed by atoms with E-state index in [-0.39, 0.29) is 17.8 Å². The van der Waals surface area contributed by atoms with E-state index in [0.717, 1.165) is 12.0 Å². The molecule has 1 aliphatic heterocycles. The van der Waals surface area contributed by atoms with Gasteiger partial charge < -0.3 is 24.1 Å². The van der Waals surface area contributed by atoms with Crippen molar-refractivity contribution in [1.29, 1.82) is 0 Å². The van der Waals surface area contributed by atoms with Gasteiger partial charge in [-0.2, -0.15) is 0 Å². The average molecular weight is 465 g/mol. The second kappa shape index (κ2) is 7.54. The molecular weight excluding hydrogens is 428 g/mol. The predicted molar refractivity (Wildman–Crippen MR) is 116 cm³/mol. The molecule has 1 N–H and O–H groups in total. The van der Waals surface area contributed by atoms with Crippen molar-refractivity contribution in [2.24, 2.45) is 28.6 Å². The van der Waals surface area contributed by atoms with Gasteiger partial charge in [0.05, 0.1) is 5.60 Å². The first-order valence-corrected chi connectivity index (χ1v) is 11.8. The van der Waals surface area contributed by atoms with Gasteiger partial charge in [-0.3, -0.25) is 9.59 Å². The molecule has 184 valence electrons. The summed E-state index contributed by atoms with van der Waals surface area (Å²) in [6.07, 6.45) is 1.92. The molecule has 0 spiro atoms. The Kier molecular flexibility index (Phi) is 5.53. The van der Waals surface area contributed by atoms with E-state index in [0.29, 0.717) is 19.3 Å². The van der Waals surface area contributed by atoms with Crippen LogP contribution in [0.2, 0.25) is 0 Å². The van der Waals surface area contributed by atoms with Gasteiger partial charge >= 0.3 is 17.9 Å². The summed E-state index contributed by atoms with van der Waals surface area (Å²) < 4.78 is 23.1. The highest BCUT2D eigenvalue weighted by atomic mass is 16.7. The van der Waals surface area contributed by atoms with Gasteiger partial charge in [-0.1, -0.05) is 27.7 Å². The molecular formula is C25H36O8. The third kappa shape index (κ3) is 3.20. The molecule has 0 radical (unpaired) electrons. The lowest BCUT2D eigenvalue weighted by Gasteiger charge is -2.69. The van der Waals surface area contributed by atoms with Crippen LogP contribution in [0.25, 0.3) is 0 Å². The average Bonchev–Trinajstić information content (AvgIpc) is 3.04. The van der Waals surface area contributed by atoms with Crippen LogP contribution in [0.5, 0.6) is 0 Å². The second-order valence-corrected chi connectivity index (χ2v) is 11.2. The van der Waals surface area contributed by atoms with Crippen molar-refractivity contribution in [3.63, 3.8) is 0 Å². The van der Waals surface area contributed by atoms with Crippen LogP contribution in [0.3, 0.4) is 0 Å². The number of esters is 3. The third-order valence-electron chi connectivity index (χ3n) is 9.32. The van der Waals surface area contributed by atoms with Crippen LogP contribution in [-0.2, 0) is 33.3 Å². The molecule has 8 heteroatoms. The standard InChI is InChI=1S/C25H36O8/c1-13-16-8-9-25(29)22(4,5)12-19(31-14(2)26)21(32-15(3)27)23(25,6)18(16)11-24(30-7)17(13)10-20(28)33-24/h10,13,16,18-19,21,29H,8-9,11-12H2,1-7H3/t13-,16+,18+,19?,21+,23+,24-,25-/m1/s1. The van der Waals surface area contributed by atoms with E-state index in [4.69, 9.17) is 18.9 Å². The highest BCUT2D eigenvalue weighted by molar-refractivity contribution is 5.86. The fraction of sp³-hybridized carbons (Fsp3) is 0.800. The van der Waals surface area contributed by atoms with Crippen molar-refractivity contribution in [1.82, 2.24) is 0 Å². The summed E-state index contributed by atoms with van der Waals surface area (Å²) in [6, 6.07) is 0. The van der Waals surface area contributed by atoms with Gasteiger partial charge in [0.1, 0.15) is 12.2 Å². The normalized spacial score (nSPS) is 45.6. The van der Waals surface area contributed by atoms with Crippen LogP contribution >= 0.6 is 0 Å². The van der Waals surface area contributed by atoms with Crippen LogP contribution in [-0.4, -0.2) is 53.7 Å². The van der Waals surface area contributed by atoms with E-state index in [1.54, 1.807) is 0 Å². The Morgan fingerprint density at radius 3 is 2.33 bits per heavy atom. The van der Waals surface area contributed by atoms with Crippen molar-refractivity contribution in [2.45, 2.75) is 90.8 Å². The maximum absolute atomic E-state index is 12.4. The summed E-state index contributed by atoms with van der Waals surface area (Å²) in [5.74, 6) is -2.77. The smallest absolute Gasteiger partial charge is 0.333 e. The zero-order chi connectivity index (χ0) is 24.6. The third-order valence-corrected chi connectivity index (χ3v) is 9.32. The van der Waals surface area contributed by atoms with Crippen LogP contribution in [0, 0.1) is 28.6 Å². The zero-order valence-electron chi connectivity index (χ0n) is 20.6. The molecule has 3 saturated carbocycles. The van der Waals surface area contributed by atoms with Gasteiger partial charge in [-0.05, 0) is 42.4 Å². The lowest BCUT2D eigenvalue weighted by molar-refractivity contribution is -0.319. The SMILES string of the molecule is CO[C@@]12C[C@H]3[C@@H](CC[C@@]4(O)C(C)(C)CC(OC(C)=O)[C@H](OC(C)=O)[C@]34C)[C@@H](C)C1=CC(=O)O2. The summed E-state index contributed by atoms with van der Waals surface area (Å²) in [6.45, 7) is 10.6. The number of carbonyl (C=O) groups is 3. The molecule has 3 fully saturated rings. The second-order valence-electron chi connectivity index (χ2n) is 11.2. The number of rotatable bonds is 3. The Hall–Kier alpha value is -1.93. The van der Waals surface area contributed by atoms with Crippen molar-refractivity contribution in [2.75, 3.05) is 7.11 Å². The molecule has 8 atom stereocenters. The van der Waals surface area contributed by atoms with Crippen molar-refractivity contribution < 1.29 is 38.4 Å². The number of hydrogen-bond donors (Lipinski definition) is 1. The molecule has 0 aromatic heterocycles. The lowest BCUT2D eigenvalue weighted by atomic mass is 9.39. The fourth-order valence-corrected chi connectivity index (χ4v) is 7.82. The maximum atomic E-state index is 12.4. The highest BCUT2D eigenvalue weighted by Crippen LogP contribution is 2.69. The number of ether oxygens (including phenoxy) is 4.